The summed E-state index contributed by atoms with van der Waals surface area (Å²) >= 11 is 1.48. The largest absolute Gasteiger partial charge is 0.393 e. The highest BCUT2D eigenvalue weighted by Crippen LogP contribution is 2.35. The van der Waals surface area contributed by atoms with Crippen LogP contribution in [0.2, 0.25) is 0 Å². The second kappa shape index (κ2) is 8.17. The summed E-state index contributed by atoms with van der Waals surface area (Å²) in [4.78, 5) is 0.857. The van der Waals surface area contributed by atoms with E-state index in [4.69, 9.17) is 0 Å². The first-order valence-electron chi connectivity index (χ1n) is 9.20. The molecule has 2 atom stereocenters. The van der Waals surface area contributed by atoms with E-state index >= 15 is 4.39 Å². The van der Waals surface area contributed by atoms with Crippen LogP contribution < -0.4 is 0 Å². The molecule has 1 aromatic heterocycles. The van der Waals surface area contributed by atoms with Gasteiger partial charge in [0.15, 0.2) is 6.17 Å². The maximum atomic E-state index is 15.4. The van der Waals surface area contributed by atoms with Crippen molar-refractivity contribution >= 4 is 22.7 Å². The maximum Gasteiger partial charge on any atom is 0.151 e. The number of aliphatic hydroxyl groups excluding tert-OH is 1. The lowest BCUT2D eigenvalue weighted by molar-refractivity contribution is 0.220. The Morgan fingerprint density at radius 2 is 1.79 bits per heavy atom. The number of fused-ring (bicyclic) bond motifs is 1. The van der Waals surface area contributed by atoms with Crippen LogP contribution in [0.3, 0.4) is 0 Å². The van der Waals surface area contributed by atoms with Crippen LogP contribution in [-0.2, 0) is 0 Å². The van der Waals surface area contributed by atoms with Crippen LogP contribution in [0.5, 0.6) is 0 Å². The monoisotopic (exact) mass is 392 g/mol. The number of halogens is 1. The van der Waals surface area contributed by atoms with E-state index in [2.05, 4.69) is 5.10 Å². The number of thioether (sulfide) groups is 1. The minimum Gasteiger partial charge on any atom is -0.393 e. The number of hydrogen-bond acceptors (Lipinski definition) is 3. The average Bonchev–Trinajstić information content (AvgIpc) is 3.16. The summed E-state index contributed by atoms with van der Waals surface area (Å²) in [7, 11) is 0. The standard InChI is InChI=1S/C23H21FN2OS/c1-16(27)15-28-22-10-6-5-9-20(22)23(24)17-11-12-21-18(13-17)14-25-26(21)19-7-3-2-4-8-19/h2-14,16,23,27H,15H2,1H3. The van der Waals surface area contributed by atoms with Crippen molar-refractivity contribution in [1.82, 2.24) is 9.78 Å². The van der Waals surface area contributed by atoms with E-state index in [-0.39, 0.29) is 0 Å². The number of hydrogen-bond donors (Lipinski definition) is 1. The van der Waals surface area contributed by atoms with Crippen molar-refractivity contribution < 1.29 is 9.50 Å². The molecule has 1 heterocycles. The molecular formula is C23H21FN2OS. The fourth-order valence-electron chi connectivity index (χ4n) is 3.20. The second-order valence-corrected chi connectivity index (χ2v) is 7.83. The molecule has 142 valence electrons. The van der Waals surface area contributed by atoms with Crippen molar-refractivity contribution in [3.05, 3.63) is 90.1 Å². The Kier molecular flexibility index (Phi) is 5.46. The fraction of sp³-hybridized carbons (Fsp3) is 0.174. The molecule has 0 bridgehead atoms. The first kappa shape index (κ1) is 18.7. The Bertz CT molecular complexity index is 1080. The Morgan fingerprint density at radius 3 is 2.57 bits per heavy atom. The Balaban J connectivity index is 1.67. The molecule has 0 aliphatic heterocycles. The highest BCUT2D eigenvalue weighted by Gasteiger charge is 2.18. The molecule has 0 spiro atoms. The van der Waals surface area contributed by atoms with Gasteiger partial charge in [-0.25, -0.2) is 9.07 Å². The molecule has 2 unspecified atom stereocenters. The summed E-state index contributed by atoms with van der Waals surface area (Å²) in [5.41, 5.74) is 3.15. The predicted molar refractivity (Wildman–Crippen MR) is 113 cm³/mol. The fourth-order valence-corrected chi connectivity index (χ4v) is 4.13. The Labute approximate surface area is 167 Å². The molecule has 0 radical (unpaired) electrons. The van der Waals surface area contributed by atoms with Crippen molar-refractivity contribution in [2.75, 3.05) is 5.75 Å². The van der Waals surface area contributed by atoms with Crippen LogP contribution in [0.1, 0.15) is 24.2 Å². The first-order chi connectivity index (χ1) is 13.6. The number of aromatic nitrogens is 2. The van der Waals surface area contributed by atoms with E-state index in [1.807, 2.05) is 77.5 Å². The molecule has 5 heteroatoms. The van der Waals surface area contributed by atoms with Crippen LogP contribution in [0, 0.1) is 0 Å². The molecule has 0 amide bonds. The van der Waals surface area contributed by atoms with Crippen molar-refractivity contribution in [3.63, 3.8) is 0 Å². The Hall–Kier alpha value is -2.63. The number of aliphatic hydroxyl groups is 1. The smallest absolute Gasteiger partial charge is 0.151 e. The van der Waals surface area contributed by atoms with Gasteiger partial charge < -0.3 is 5.11 Å². The van der Waals surface area contributed by atoms with Crippen LogP contribution in [0.25, 0.3) is 16.6 Å². The highest BCUT2D eigenvalue weighted by atomic mass is 32.2. The predicted octanol–water partition coefficient (Wildman–Crippen LogP) is 5.56. The number of para-hydroxylation sites is 1. The second-order valence-electron chi connectivity index (χ2n) is 6.77. The van der Waals surface area contributed by atoms with Gasteiger partial charge in [0.1, 0.15) is 0 Å². The van der Waals surface area contributed by atoms with E-state index in [0.717, 1.165) is 21.5 Å². The summed E-state index contributed by atoms with van der Waals surface area (Å²) in [6, 6.07) is 23.0. The number of benzene rings is 3. The molecule has 4 rings (SSSR count). The molecule has 4 aromatic rings. The average molecular weight is 392 g/mol. The molecule has 0 saturated heterocycles. The number of nitrogens with zero attached hydrogens (tertiary/aromatic N) is 2. The van der Waals surface area contributed by atoms with Gasteiger partial charge in [-0.2, -0.15) is 5.10 Å². The SMILES string of the molecule is CC(O)CSc1ccccc1C(F)c1ccc2c(cnn2-c2ccccc2)c1. The Morgan fingerprint density at radius 1 is 1.04 bits per heavy atom. The zero-order chi connectivity index (χ0) is 19.5. The zero-order valence-corrected chi connectivity index (χ0v) is 16.3. The summed E-state index contributed by atoms with van der Waals surface area (Å²) in [6.45, 7) is 1.74. The van der Waals surface area contributed by atoms with E-state index in [9.17, 15) is 5.11 Å². The van der Waals surface area contributed by atoms with E-state index < -0.39 is 12.3 Å². The van der Waals surface area contributed by atoms with Crippen molar-refractivity contribution in [2.45, 2.75) is 24.1 Å². The summed E-state index contributed by atoms with van der Waals surface area (Å²) in [5, 5.41) is 14.9. The molecule has 28 heavy (non-hydrogen) atoms. The van der Waals surface area contributed by atoms with Crippen LogP contribution in [0.15, 0.2) is 83.9 Å². The molecule has 1 N–H and O–H groups in total. The molecule has 0 aliphatic carbocycles. The van der Waals surface area contributed by atoms with Gasteiger partial charge in [0.05, 0.1) is 23.5 Å². The normalized spacial score (nSPS) is 13.5. The van der Waals surface area contributed by atoms with Gasteiger partial charge in [-0.1, -0.05) is 42.5 Å². The quantitative estimate of drug-likeness (QED) is 0.437. The van der Waals surface area contributed by atoms with Gasteiger partial charge in [-0.15, -0.1) is 11.8 Å². The third-order valence-corrected chi connectivity index (χ3v) is 5.89. The van der Waals surface area contributed by atoms with Crippen molar-refractivity contribution in [2.24, 2.45) is 0 Å². The molecule has 0 aliphatic rings. The molecule has 3 nitrogen and oxygen atoms in total. The van der Waals surface area contributed by atoms with Crippen molar-refractivity contribution in [3.8, 4) is 5.69 Å². The minimum absolute atomic E-state index is 0.434. The van der Waals surface area contributed by atoms with E-state index in [1.165, 1.54) is 11.8 Å². The number of rotatable bonds is 6. The van der Waals surface area contributed by atoms with Gasteiger partial charge in [0.25, 0.3) is 0 Å². The van der Waals surface area contributed by atoms with Crippen LogP contribution in [-0.4, -0.2) is 26.7 Å². The third kappa shape index (κ3) is 3.81. The topological polar surface area (TPSA) is 38.1 Å². The lowest BCUT2D eigenvalue weighted by Gasteiger charge is -2.15. The lowest BCUT2D eigenvalue weighted by atomic mass is 10.0. The molecule has 0 fully saturated rings. The molecular weight excluding hydrogens is 371 g/mol. The van der Waals surface area contributed by atoms with Crippen LogP contribution >= 0.6 is 11.8 Å². The third-order valence-electron chi connectivity index (χ3n) is 4.56. The lowest BCUT2D eigenvalue weighted by Crippen LogP contribution is -2.04. The van der Waals surface area contributed by atoms with Crippen LogP contribution in [0.4, 0.5) is 4.39 Å². The van der Waals surface area contributed by atoms with Gasteiger partial charge in [-0.05, 0) is 42.8 Å². The van der Waals surface area contributed by atoms with Gasteiger partial charge in [0.2, 0.25) is 0 Å². The van der Waals surface area contributed by atoms with Crippen molar-refractivity contribution in [1.29, 1.82) is 0 Å². The van der Waals surface area contributed by atoms with Gasteiger partial charge >= 0.3 is 0 Å². The zero-order valence-electron chi connectivity index (χ0n) is 15.5. The van der Waals surface area contributed by atoms with Gasteiger partial charge in [-0.3, -0.25) is 0 Å². The minimum atomic E-state index is -1.23. The maximum absolute atomic E-state index is 15.4. The van der Waals surface area contributed by atoms with E-state index in [0.29, 0.717) is 16.9 Å². The first-order valence-corrected chi connectivity index (χ1v) is 10.2. The number of alkyl halides is 1. The highest BCUT2D eigenvalue weighted by molar-refractivity contribution is 7.99. The summed E-state index contributed by atoms with van der Waals surface area (Å²) < 4.78 is 17.3. The summed E-state index contributed by atoms with van der Waals surface area (Å²) in [6.07, 6.45) is 0.102. The van der Waals surface area contributed by atoms with E-state index in [1.54, 1.807) is 13.1 Å². The van der Waals surface area contributed by atoms with Gasteiger partial charge in [0, 0.05) is 21.6 Å². The molecule has 3 aromatic carbocycles. The molecule has 0 saturated carbocycles. The summed E-state index contributed by atoms with van der Waals surface area (Å²) in [5.74, 6) is 0.534.